The average molecular weight is 482 g/mol. The number of rotatable bonds is 7. The maximum atomic E-state index is 13.9. The van der Waals surface area contributed by atoms with Crippen molar-refractivity contribution in [2.75, 3.05) is 6.54 Å². The lowest BCUT2D eigenvalue weighted by molar-refractivity contribution is 0.0732. The fourth-order valence-corrected chi connectivity index (χ4v) is 4.55. The maximum absolute atomic E-state index is 13.9. The number of carbonyl (C=O) groups excluding carboxylic acids is 1. The molecule has 1 fully saturated rings. The normalized spacial score (nSPS) is 17.1. The van der Waals surface area contributed by atoms with Gasteiger partial charge in [0.1, 0.15) is 11.5 Å². The van der Waals surface area contributed by atoms with Crippen LogP contribution in [0.2, 0.25) is 0 Å². The van der Waals surface area contributed by atoms with Gasteiger partial charge < -0.3 is 9.74 Å². The monoisotopic (exact) mass is 481 g/mol. The second-order valence-corrected chi connectivity index (χ2v) is 8.53. The molecule has 0 bridgehead atoms. The smallest absolute Gasteiger partial charge is 0.275 e. The minimum absolute atomic E-state index is 0.0918. The van der Waals surface area contributed by atoms with Crippen LogP contribution >= 0.6 is 0 Å². The summed E-state index contributed by atoms with van der Waals surface area (Å²) in [6.45, 7) is 4.44. The number of amides is 1. The number of carbonyl (C=O) groups is 1. The van der Waals surface area contributed by atoms with Gasteiger partial charge in [-0.15, -0.1) is 0 Å². The van der Waals surface area contributed by atoms with E-state index in [-0.39, 0.29) is 11.9 Å². The van der Waals surface area contributed by atoms with Crippen LogP contribution in [0.4, 0.5) is 0 Å². The number of oxime groups is 1. The number of pyridine rings is 2. The number of nitrogens with zero attached hydrogens (tertiary/aromatic N) is 7. The summed E-state index contributed by atoms with van der Waals surface area (Å²) in [5.74, 6) is 1.01. The summed E-state index contributed by atoms with van der Waals surface area (Å²) in [6, 6.07) is 11.3. The zero-order valence-corrected chi connectivity index (χ0v) is 19.9. The molecule has 0 radical (unpaired) electrons. The summed E-state index contributed by atoms with van der Waals surface area (Å²) in [5, 5.41) is 3.58. The van der Waals surface area contributed by atoms with Crippen molar-refractivity contribution in [1.82, 2.24) is 24.4 Å². The first-order valence-corrected chi connectivity index (χ1v) is 12.0. The first kappa shape index (κ1) is 23.3. The summed E-state index contributed by atoms with van der Waals surface area (Å²) in [6.07, 6.45) is 14.4. The molecule has 9 heteroatoms. The van der Waals surface area contributed by atoms with Crippen molar-refractivity contribution in [2.45, 2.75) is 38.3 Å². The molecule has 2 aliphatic rings. The molecule has 182 valence electrons. The molecule has 5 heterocycles. The molecular formula is C27H27N7O2. The van der Waals surface area contributed by atoms with Crippen molar-refractivity contribution in [3.63, 3.8) is 0 Å². The fourth-order valence-electron chi connectivity index (χ4n) is 4.55. The van der Waals surface area contributed by atoms with Crippen molar-refractivity contribution < 1.29 is 9.63 Å². The van der Waals surface area contributed by atoms with Crippen molar-refractivity contribution in [1.29, 1.82) is 0 Å². The number of likely N-dealkylation sites (tertiary alicyclic amines) is 1. The van der Waals surface area contributed by atoms with Gasteiger partial charge >= 0.3 is 0 Å². The Morgan fingerprint density at radius 3 is 2.78 bits per heavy atom. The molecule has 0 spiro atoms. The van der Waals surface area contributed by atoms with Crippen LogP contribution in [-0.2, 0) is 11.4 Å². The Morgan fingerprint density at radius 1 is 1.14 bits per heavy atom. The predicted molar refractivity (Wildman–Crippen MR) is 139 cm³/mol. The Labute approximate surface area is 209 Å². The Balaban J connectivity index is 1.43. The van der Waals surface area contributed by atoms with Gasteiger partial charge in [-0.3, -0.25) is 19.3 Å². The van der Waals surface area contributed by atoms with Gasteiger partial charge in [0, 0.05) is 44.3 Å². The number of aromatic nitrogens is 4. The molecule has 0 unspecified atom stereocenters. The maximum Gasteiger partial charge on any atom is 0.275 e. The molecule has 2 aliphatic heterocycles. The van der Waals surface area contributed by atoms with Crippen LogP contribution in [0.15, 0.2) is 71.1 Å². The van der Waals surface area contributed by atoms with Crippen LogP contribution in [0.3, 0.4) is 0 Å². The van der Waals surface area contributed by atoms with Crippen molar-refractivity contribution in [3.05, 3.63) is 78.2 Å². The lowest BCUT2D eigenvalue weighted by atomic mass is 10.1. The Morgan fingerprint density at radius 2 is 2.00 bits per heavy atom. The van der Waals surface area contributed by atoms with E-state index >= 15 is 0 Å². The largest absolute Gasteiger partial charge is 0.342 e. The Bertz CT molecular complexity index is 1310. The van der Waals surface area contributed by atoms with Gasteiger partial charge in [0.2, 0.25) is 5.90 Å². The molecule has 9 nitrogen and oxygen atoms in total. The van der Waals surface area contributed by atoms with Gasteiger partial charge in [0.15, 0.2) is 5.69 Å². The summed E-state index contributed by atoms with van der Waals surface area (Å²) in [7, 11) is 0. The van der Waals surface area contributed by atoms with Crippen molar-refractivity contribution in [2.24, 2.45) is 10.1 Å². The van der Waals surface area contributed by atoms with Crippen LogP contribution in [-0.4, -0.2) is 55.5 Å². The molecule has 0 saturated carbocycles. The molecule has 0 aliphatic carbocycles. The molecule has 1 atom stereocenters. The minimum Gasteiger partial charge on any atom is -0.342 e. The van der Waals surface area contributed by atoms with E-state index < -0.39 is 0 Å². The molecule has 0 aromatic carbocycles. The summed E-state index contributed by atoms with van der Waals surface area (Å²) < 4.78 is 1.94. The molecule has 5 rings (SSSR count). The van der Waals surface area contributed by atoms with E-state index in [2.05, 4.69) is 26.8 Å². The molecule has 3 aromatic rings. The first-order chi connectivity index (χ1) is 17.7. The number of imidazole rings is 1. The van der Waals surface area contributed by atoms with E-state index in [1.807, 2.05) is 70.3 Å². The SMILES string of the molecule is C=NOC(C[C@@H]1CCCN1C(=O)c1nc2n(c1-c1ccccn1)C=CCC=C2)=NCc1ccccn1. The number of hydrogen-bond donors (Lipinski definition) is 0. The number of aliphatic imine (C=N–C) groups is 1. The highest BCUT2D eigenvalue weighted by molar-refractivity contribution is 5.99. The van der Waals surface area contributed by atoms with Gasteiger partial charge in [-0.05, 0) is 49.6 Å². The first-order valence-electron chi connectivity index (χ1n) is 12.0. The zero-order valence-electron chi connectivity index (χ0n) is 19.9. The van der Waals surface area contributed by atoms with Crippen LogP contribution in [0.1, 0.15) is 47.7 Å². The molecular weight excluding hydrogens is 454 g/mol. The quantitative estimate of drug-likeness (QED) is 0.282. The molecule has 3 aromatic heterocycles. The predicted octanol–water partition coefficient (Wildman–Crippen LogP) is 4.45. The highest BCUT2D eigenvalue weighted by Gasteiger charge is 2.35. The second-order valence-electron chi connectivity index (χ2n) is 8.53. The summed E-state index contributed by atoms with van der Waals surface area (Å²) >= 11 is 0. The summed E-state index contributed by atoms with van der Waals surface area (Å²) in [4.78, 5) is 39.3. The second kappa shape index (κ2) is 10.9. The Kier molecular flexibility index (Phi) is 7.07. The van der Waals surface area contributed by atoms with E-state index in [1.54, 1.807) is 12.4 Å². The minimum atomic E-state index is -0.129. The van der Waals surface area contributed by atoms with Crippen LogP contribution in [0, 0.1) is 0 Å². The number of fused-ring (bicyclic) bond motifs is 1. The van der Waals surface area contributed by atoms with Gasteiger partial charge in [-0.2, -0.15) is 0 Å². The summed E-state index contributed by atoms with van der Waals surface area (Å²) in [5.41, 5.74) is 2.60. The van der Waals surface area contributed by atoms with Crippen LogP contribution in [0.25, 0.3) is 23.7 Å². The molecule has 0 N–H and O–H groups in total. The van der Waals surface area contributed by atoms with Gasteiger partial charge in [0.25, 0.3) is 5.91 Å². The Hall–Kier alpha value is -4.40. The third-order valence-corrected chi connectivity index (χ3v) is 6.20. The lowest BCUT2D eigenvalue weighted by Gasteiger charge is -2.24. The van der Waals surface area contributed by atoms with E-state index in [4.69, 9.17) is 9.82 Å². The fraction of sp³-hybridized carbons (Fsp3) is 0.259. The molecule has 36 heavy (non-hydrogen) atoms. The van der Waals surface area contributed by atoms with Crippen molar-refractivity contribution >= 4 is 30.8 Å². The van der Waals surface area contributed by atoms with Crippen molar-refractivity contribution in [3.8, 4) is 11.4 Å². The third kappa shape index (κ3) is 5.00. The highest BCUT2D eigenvalue weighted by Crippen LogP contribution is 2.30. The van der Waals surface area contributed by atoms with Gasteiger partial charge in [-0.25, -0.2) is 9.98 Å². The number of hydrogen-bond acceptors (Lipinski definition) is 7. The molecule has 1 amide bonds. The van der Waals surface area contributed by atoms with E-state index in [9.17, 15) is 4.79 Å². The third-order valence-electron chi connectivity index (χ3n) is 6.20. The van der Waals surface area contributed by atoms with Crippen LogP contribution in [0.5, 0.6) is 0 Å². The highest BCUT2D eigenvalue weighted by atomic mass is 16.6. The molecule has 1 saturated heterocycles. The standard InChI is InChI=1S/C27H27N7O2/c1-28-36-24(31-19-20-10-4-6-14-29-20)18-21-11-9-17-33(21)27(35)25-26(22-12-5-7-15-30-22)34-16-8-2-3-13-23(34)32-25/h3-8,10,12-16,21H,1-2,9,11,17-19H2/t21-/m0/s1. The van der Waals surface area contributed by atoms with Gasteiger partial charge in [-0.1, -0.05) is 29.4 Å². The van der Waals surface area contributed by atoms with Crippen LogP contribution < -0.4 is 0 Å². The van der Waals surface area contributed by atoms with Gasteiger partial charge in [0.05, 0.1) is 17.9 Å². The van der Waals surface area contributed by atoms with E-state index in [0.29, 0.717) is 48.3 Å². The average Bonchev–Trinajstić information content (AvgIpc) is 3.45. The lowest BCUT2D eigenvalue weighted by Crippen LogP contribution is -2.37. The zero-order chi connectivity index (χ0) is 24.7. The number of allylic oxidation sites excluding steroid dienone is 2. The van der Waals surface area contributed by atoms with E-state index in [1.165, 1.54) is 0 Å². The topological polar surface area (TPSA) is 97.9 Å². The van der Waals surface area contributed by atoms with E-state index in [0.717, 1.165) is 25.0 Å².